The van der Waals surface area contributed by atoms with Crippen LogP contribution in [0.5, 0.6) is 0 Å². The van der Waals surface area contributed by atoms with Gasteiger partial charge in [-0.25, -0.2) is 19.6 Å². The molecule has 3 heterocycles. The van der Waals surface area contributed by atoms with Gasteiger partial charge in [0.1, 0.15) is 12.0 Å². The molecule has 1 aliphatic heterocycles. The van der Waals surface area contributed by atoms with Crippen LogP contribution in [0.15, 0.2) is 48.9 Å². The van der Waals surface area contributed by atoms with Gasteiger partial charge in [-0.1, -0.05) is 18.2 Å². The van der Waals surface area contributed by atoms with E-state index in [9.17, 15) is 22.8 Å². The number of rotatable bonds is 3. The highest BCUT2D eigenvalue weighted by atomic mass is 19.4. The smallest absolute Gasteiger partial charge is 0.333 e. The van der Waals surface area contributed by atoms with Gasteiger partial charge in [0.05, 0.1) is 11.2 Å². The lowest BCUT2D eigenvalue weighted by Gasteiger charge is -2.46. The molecule has 0 spiro atoms. The Morgan fingerprint density at radius 1 is 1.00 bits per heavy atom. The maximum Gasteiger partial charge on any atom is 0.451 e. The molecular formula is C21H20F3N7O2. The van der Waals surface area contributed by atoms with Crippen molar-refractivity contribution in [3.8, 4) is 5.69 Å². The van der Waals surface area contributed by atoms with E-state index in [0.29, 0.717) is 0 Å². The van der Waals surface area contributed by atoms with Crippen molar-refractivity contribution in [2.24, 2.45) is 0 Å². The Bertz CT molecular complexity index is 1180. The van der Waals surface area contributed by atoms with Crippen LogP contribution < -0.4 is 0 Å². The minimum absolute atomic E-state index is 0.0114. The summed E-state index contributed by atoms with van der Waals surface area (Å²) in [5.41, 5.74) is -0.415. The zero-order valence-corrected chi connectivity index (χ0v) is 17.8. The number of carbonyl (C=O) groups excluding carboxylic acids is 2. The molecule has 0 unspecified atom stereocenters. The maximum atomic E-state index is 13.1. The molecule has 1 fully saturated rings. The second-order valence-corrected chi connectivity index (χ2v) is 8.11. The number of aromatic nitrogens is 5. The van der Waals surface area contributed by atoms with Gasteiger partial charge < -0.3 is 9.80 Å². The van der Waals surface area contributed by atoms with Gasteiger partial charge in [0.15, 0.2) is 0 Å². The molecule has 172 valence electrons. The molecule has 0 aliphatic carbocycles. The quantitative estimate of drug-likeness (QED) is 0.597. The molecule has 0 N–H and O–H groups in total. The lowest BCUT2D eigenvalue weighted by atomic mass is 9.98. The number of nitrogens with zero attached hydrogens (tertiary/aromatic N) is 7. The monoisotopic (exact) mass is 459 g/mol. The van der Waals surface area contributed by atoms with Crippen LogP contribution in [0.1, 0.15) is 40.8 Å². The average Bonchev–Trinajstić information content (AvgIpc) is 3.28. The zero-order valence-electron chi connectivity index (χ0n) is 17.8. The SMILES string of the molecule is CC1(C)CN(C(=O)c2ccnc(C(F)(F)F)n2)CCN1C(=O)c1ncn(-c2ccccc2)n1. The Morgan fingerprint density at radius 2 is 1.73 bits per heavy atom. The van der Waals surface area contributed by atoms with Crippen LogP contribution in [-0.2, 0) is 6.18 Å². The van der Waals surface area contributed by atoms with Crippen molar-refractivity contribution in [1.82, 2.24) is 34.5 Å². The minimum atomic E-state index is -4.75. The first-order valence-corrected chi connectivity index (χ1v) is 10.0. The van der Waals surface area contributed by atoms with Crippen LogP contribution in [0.25, 0.3) is 5.69 Å². The third kappa shape index (κ3) is 4.54. The van der Waals surface area contributed by atoms with Gasteiger partial charge in [0.2, 0.25) is 11.6 Å². The summed E-state index contributed by atoms with van der Waals surface area (Å²) >= 11 is 0. The molecule has 2 aromatic heterocycles. The summed E-state index contributed by atoms with van der Waals surface area (Å²) in [6.45, 7) is 3.91. The number of para-hydroxylation sites is 1. The van der Waals surface area contributed by atoms with Crippen molar-refractivity contribution in [3.63, 3.8) is 0 Å². The molecule has 2 amide bonds. The first kappa shape index (κ1) is 22.4. The van der Waals surface area contributed by atoms with E-state index < -0.39 is 29.4 Å². The van der Waals surface area contributed by atoms with Crippen molar-refractivity contribution in [2.75, 3.05) is 19.6 Å². The Kier molecular flexibility index (Phi) is 5.60. The molecule has 0 radical (unpaired) electrons. The Morgan fingerprint density at radius 3 is 2.39 bits per heavy atom. The standard InChI is InChI=1S/C21H20F3N7O2/c1-20(2)12-29(17(32)15-8-9-25-19(27-15)21(22,23)24)10-11-30(20)18(33)16-26-13-31(28-16)14-6-4-3-5-7-14/h3-9,13H,10-12H2,1-2H3. The van der Waals surface area contributed by atoms with Gasteiger partial charge in [-0.2, -0.15) is 13.2 Å². The number of benzene rings is 1. The summed E-state index contributed by atoms with van der Waals surface area (Å²) in [6.07, 6.45) is -2.40. The van der Waals surface area contributed by atoms with Gasteiger partial charge in [-0.15, -0.1) is 5.10 Å². The van der Waals surface area contributed by atoms with E-state index in [4.69, 9.17) is 0 Å². The minimum Gasteiger partial charge on any atom is -0.333 e. The van der Waals surface area contributed by atoms with Crippen LogP contribution in [-0.4, -0.2) is 71.5 Å². The molecule has 1 saturated heterocycles. The highest BCUT2D eigenvalue weighted by molar-refractivity contribution is 5.93. The normalized spacial score (nSPS) is 16.0. The fraction of sp³-hybridized carbons (Fsp3) is 0.333. The fourth-order valence-corrected chi connectivity index (χ4v) is 3.67. The second-order valence-electron chi connectivity index (χ2n) is 8.11. The predicted octanol–water partition coefficient (Wildman–Crippen LogP) is 2.45. The summed E-state index contributed by atoms with van der Waals surface area (Å²) in [7, 11) is 0. The molecule has 9 nitrogen and oxygen atoms in total. The van der Waals surface area contributed by atoms with E-state index >= 15 is 0 Å². The molecule has 0 atom stereocenters. The number of hydrogen-bond donors (Lipinski definition) is 0. The van der Waals surface area contributed by atoms with Gasteiger partial charge in [-0.3, -0.25) is 9.59 Å². The lowest BCUT2D eigenvalue weighted by molar-refractivity contribution is -0.145. The fourth-order valence-electron chi connectivity index (χ4n) is 3.67. The highest BCUT2D eigenvalue weighted by Gasteiger charge is 2.41. The molecule has 33 heavy (non-hydrogen) atoms. The van der Waals surface area contributed by atoms with Gasteiger partial charge in [0.25, 0.3) is 11.8 Å². The average molecular weight is 459 g/mol. The van der Waals surface area contributed by atoms with Gasteiger partial charge in [-0.05, 0) is 32.0 Å². The number of halogens is 3. The number of alkyl halides is 3. The zero-order chi connectivity index (χ0) is 23.8. The van der Waals surface area contributed by atoms with Crippen molar-refractivity contribution in [2.45, 2.75) is 25.6 Å². The third-order valence-electron chi connectivity index (χ3n) is 5.27. The number of carbonyl (C=O) groups is 2. The van der Waals surface area contributed by atoms with Crippen LogP contribution >= 0.6 is 0 Å². The Balaban J connectivity index is 1.49. The van der Waals surface area contributed by atoms with Crippen LogP contribution in [0.4, 0.5) is 13.2 Å². The molecule has 1 aliphatic rings. The molecule has 1 aromatic carbocycles. The van der Waals surface area contributed by atoms with E-state index in [1.165, 1.54) is 15.9 Å². The van der Waals surface area contributed by atoms with Crippen molar-refractivity contribution >= 4 is 11.8 Å². The van der Waals surface area contributed by atoms with E-state index in [1.54, 1.807) is 18.7 Å². The Hall–Kier alpha value is -3.83. The topological polar surface area (TPSA) is 97.1 Å². The predicted molar refractivity (Wildman–Crippen MR) is 109 cm³/mol. The van der Waals surface area contributed by atoms with Crippen LogP contribution in [0.3, 0.4) is 0 Å². The van der Waals surface area contributed by atoms with E-state index in [1.807, 2.05) is 30.3 Å². The number of hydrogen-bond acceptors (Lipinski definition) is 6. The molecule has 3 aromatic rings. The first-order chi connectivity index (χ1) is 15.6. The number of amides is 2. The summed E-state index contributed by atoms with van der Waals surface area (Å²) in [4.78, 5) is 39.5. The molecule has 0 saturated carbocycles. The van der Waals surface area contributed by atoms with Gasteiger partial charge in [0, 0.05) is 25.8 Å². The van der Waals surface area contributed by atoms with Crippen molar-refractivity contribution < 1.29 is 22.8 Å². The Labute approximate surface area is 186 Å². The highest BCUT2D eigenvalue weighted by Crippen LogP contribution is 2.27. The molecule has 12 heteroatoms. The summed E-state index contributed by atoms with van der Waals surface area (Å²) in [5.74, 6) is -2.42. The molecular weight excluding hydrogens is 439 g/mol. The third-order valence-corrected chi connectivity index (χ3v) is 5.27. The molecule has 0 bridgehead atoms. The van der Waals surface area contributed by atoms with E-state index in [2.05, 4.69) is 20.1 Å². The van der Waals surface area contributed by atoms with Crippen molar-refractivity contribution in [3.05, 3.63) is 66.3 Å². The van der Waals surface area contributed by atoms with Crippen LogP contribution in [0, 0.1) is 0 Å². The number of piperazine rings is 1. The first-order valence-electron chi connectivity index (χ1n) is 10.0. The summed E-state index contributed by atoms with van der Waals surface area (Å²) in [6, 6.07) is 10.3. The molecule has 4 rings (SSSR count). The van der Waals surface area contributed by atoms with E-state index in [-0.39, 0.29) is 31.2 Å². The summed E-state index contributed by atoms with van der Waals surface area (Å²) < 4.78 is 40.2. The largest absolute Gasteiger partial charge is 0.451 e. The van der Waals surface area contributed by atoms with E-state index in [0.717, 1.165) is 18.0 Å². The second kappa shape index (κ2) is 8.26. The van der Waals surface area contributed by atoms with Crippen molar-refractivity contribution in [1.29, 1.82) is 0 Å². The summed E-state index contributed by atoms with van der Waals surface area (Å²) in [5, 5.41) is 4.27. The maximum absolute atomic E-state index is 13.1. The van der Waals surface area contributed by atoms with Gasteiger partial charge >= 0.3 is 6.18 Å². The van der Waals surface area contributed by atoms with Crippen LogP contribution in [0.2, 0.25) is 0 Å². The lowest BCUT2D eigenvalue weighted by Crippen LogP contribution is -2.62.